The summed E-state index contributed by atoms with van der Waals surface area (Å²) in [6, 6.07) is 7.09. The minimum Gasteiger partial charge on any atom is -0.484 e. The molecule has 1 aliphatic rings. The van der Waals surface area contributed by atoms with Crippen LogP contribution in [0, 0.1) is 0 Å². The van der Waals surface area contributed by atoms with E-state index in [-0.39, 0.29) is 38.4 Å². The second-order valence-corrected chi connectivity index (χ2v) is 5.40. The summed E-state index contributed by atoms with van der Waals surface area (Å²) in [5.41, 5.74) is 0. The molecule has 6 heteroatoms. The van der Waals surface area contributed by atoms with E-state index in [2.05, 4.69) is 15.9 Å². The molecule has 1 aromatic rings. The van der Waals surface area contributed by atoms with Gasteiger partial charge in [-0.2, -0.15) is 0 Å². The Balaban J connectivity index is 1.80. The molecule has 0 aromatic heterocycles. The molecule has 3 nitrogen and oxygen atoms in total. The number of ether oxygens (including phenoxy) is 1. The average molecular weight is 334 g/mol. The third kappa shape index (κ3) is 4.16. The first-order chi connectivity index (χ1) is 8.96. The Bertz CT molecular complexity index is 440. The number of nitrogens with zero attached hydrogens (tertiary/aromatic N) is 1. The number of benzene rings is 1. The van der Waals surface area contributed by atoms with Crippen molar-refractivity contribution in [3.8, 4) is 5.75 Å². The predicted molar refractivity (Wildman–Crippen MR) is 70.4 cm³/mol. The van der Waals surface area contributed by atoms with Gasteiger partial charge in [0.2, 0.25) is 0 Å². The zero-order valence-corrected chi connectivity index (χ0v) is 11.8. The van der Waals surface area contributed by atoms with Crippen molar-refractivity contribution in [3.63, 3.8) is 0 Å². The minimum atomic E-state index is -2.64. The van der Waals surface area contributed by atoms with Crippen LogP contribution < -0.4 is 4.74 Å². The molecule has 1 aromatic carbocycles. The third-order valence-electron chi connectivity index (χ3n) is 3.02. The zero-order chi connectivity index (χ0) is 13.9. The molecule has 0 N–H and O–H groups in total. The molecule has 19 heavy (non-hydrogen) atoms. The summed E-state index contributed by atoms with van der Waals surface area (Å²) in [4.78, 5) is 13.2. The Morgan fingerprint density at radius 2 is 1.84 bits per heavy atom. The van der Waals surface area contributed by atoms with Crippen LogP contribution in [0.5, 0.6) is 5.75 Å². The second-order valence-electron chi connectivity index (χ2n) is 4.48. The van der Waals surface area contributed by atoms with E-state index in [1.54, 1.807) is 24.3 Å². The first-order valence-corrected chi connectivity index (χ1v) is 6.79. The van der Waals surface area contributed by atoms with Crippen LogP contribution in [0.3, 0.4) is 0 Å². The maximum atomic E-state index is 13.0. The highest BCUT2D eigenvalue weighted by atomic mass is 79.9. The standard InChI is InChI=1S/C13H14BrF2NO2/c14-10-1-3-11(4-2-10)19-9-12(18)17-7-5-13(15,16)6-8-17/h1-4H,5-9H2. The molecule has 1 heterocycles. The van der Waals surface area contributed by atoms with Gasteiger partial charge >= 0.3 is 0 Å². The Hall–Kier alpha value is -1.17. The summed E-state index contributed by atoms with van der Waals surface area (Å²) in [7, 11) is 0. The lowest BCUT2D eigenvalue weighted by atomic mass is 10.1. The maximum absolute atomic E-state index is 13.0. The van der Waals surface area contributed by atoms with E-state index in [0.717, 1.165) is 4.47 Å². The van der Waals surface area contributed by atoms with E-state index in [9.17, 15) is 13.6 Å². The van der Waals surface area contributed by atoms with Crippen LogP contribution in [0.2, 0.25) is 0 Å². The topological polar surface area (TPSA) is 29.5 Å². The Morgan fingerprint density at radius 3 is 2.42 bits per heavy atom. The third-order valence-corrected chi connectivity index (χ3v) is 3.55. The number of amides is 1. The summed E-state index contributed by atoms with van der Waals surface area (Å²) >= 11 is 3.30. The number of halogens is 3. The SMILES string of the molecule is O=C(COc1ccc(Br)cc1)N1CCC(F)(F)CC1. The van der Waals surface area contributed by atoms with Crippen molar-refractivity contribution in [2.45, 2.75) is 18.8 Å². The molecule has 0 saturated carbocycles. The molecule has 0 atom stereocenters. The molecule has 0 radical (unpaired) electrons. The molecule has 0 bridgehead atoms. The molecule has 1 fully saturated rings. The smallest absolute Gasteiger partial charge is 0.260 e. The lowest BCUT2D eigenvalue weighted by Gasteiger charge is -2.31. The Morgan fingerprint density at radius 1 is 1.26 bits per heavy atom. The van der Waals surface area contributed by atoms with Gasteiger partial charge in [0.15, 0.2) is 6.61 Å². The largest absolute Gasteiger partial charge is 0.484 e. The van der Waals surface area contributed by atoms with Gasteiger partial charge in [0.1, 0.15) is 5.75 Å². The van der Waals surface area contributed by atoms with E-state index in [4.69, 9.17) is 4.74 Å². The highest BCUT2D eigenvalue weighted by molar-refractivity contribution is 9.10. The Labute approximate surface area is 118 Å². The molecule has 1 amide bonds. The predicted octanol–water partition coefficient (Wildman–Crippen LogP) is 3.09. The molecule has 0 aliphatic carbocycles. The fraction of sp³-hybridized carbons (Fsp3) is 0.462. The van der Waals surface area contributed by atoms with E-state index in [1.807, 2.05) is 0 Å². The fourth-order valence-corrected chi connectivity index (χ4v) is 2.11. The molecule has 104 valence electrons. The van der Waals surface area contributed by atoms with Crippen molar-refractivity contribution < 1.29 is 18.3 Å². The van der Waals surface area contributed by atoms with Crippen molar-refractivity contribution >= 4 is 21.8 Å². The number of carbonyl (C=O) groups is 1. The molecular formula is C13H14BrF2NO2. The van der Waals surface area contributed by atoms with Gasteiger partial charge in [0.05, 0.1) is 0 Å². The van der Waals surface area contributed by atoms with E-state index < -0.39 is 5.92 Å². The van der Waals surface area contributed by atoms with Gasteiger partial charge in [-0.1, -0.05) is 15.9 Å². The first-order valence-electron chi connectivity index (χ1n) is 6.00. The normalized spacial score (nSPS) is 18.2. The second kappa shape index (κ2) is 5.86. The molecule has 0 spiro atoms. The van der Waals surface area contributed by atoms with Crippen LogP contribution in [0.1, 0.15) is 12.8 Å². The molecule has 1 saturated heterocycles. The van der Waals surface area contributed by atoms with Crippen molar-refractivity contribution in [1.29, 1.82) is 0 Å². The number of hydrogen-bond acceptors (Lipinski definition) is 2. The number of rotatable bonds is 3. The van der Waals surface area contributed by atoms with Gasteiger partial charge in [-0.15, -0.1) is 0 Å². The van der Waals surface area contributed by atoms with Crippen LogP contribution >= 0.6 is 15.9 Å². The van der Waals surface area contributed by atoms with Gasteiger partial charge in [-0.25, -0.2) is 8.78 Å². The summed E-state index contributed by atoms with van der Waals surface area (Å²) < 4.78 is 32.2. The van der Waals surface area contributed by atoms with E-state index in [0.29, 0.717) is 5.75 Å². The van der Waals surface area contributed by atoms with E-state index >= 15 is 0 Å². The van der Waals surface area contributed by atoms with Gasteiger partial charge in [-0.05, 0) is 24.3 Å². The van der Waals surface area contributed by atoms with Crippen LogP contribution in [-0.4, -0.2) is 36.4 Å². The summed E-state index contributed by atoms with van der Waals surface area (Å²) in [6.07, 6.45) is -0.534. The zero-order valence-electron chi connectivity index (χ0n) is 10.2. The maximum Gasteiger partial charge on any atom is 0.260 e. The van der Waals surface area contributed by atoms with Crippen molar-refractivity contribution in [1.82, 2.24) is 4.90 Å². The number of piperidine rings is 1. The number of likely N-dealkylation sites (tertiary alicyclic amines) is 1. The van der Waals surface area contributed by atoms with Crippen molar-refractivity contribution in [2.75, 3.05) is 19.7 Å². The molecule has 0 unspecified atom stereocenters. The van der Waals surface area contributed by atoms with Crippen molar-refractivity contribution in [3.05, 3.63) is 28.7 Å². The lowest BCUT2D eigenvalue weighted by molar-refractivity contribution is -0.139. The highest BCUT2D eigenvalue weighted by Crippen LogP contribution is 2.27. The van der Waals surface area contributed by atoms with Gasteiger partial charge in [0.25, 0.3) is 11.8 Å². The molecule has 1 aliphatic heterocycles. The summed E-state index contributed by atoms with van der Waals surface area (Å²) in [6.45, 7) is 0.0677. The van der Waals surface area contributed by atoms with Crippen LogP contribution in [0.4, 0.5) is 8.78 Å². The quantitative estimate of drug-likeness (QED) is 0.850. The fourth-order valence-electron chi connectivity index (χ4n) is 1.85. The number of alkyl halides is 2. The van der Waals surface area contributed by atoms with Gasteiger partial charge < -0.3 is 9.64 Å². The van der Waals surface area contributed by atoms with Gasteiger partial charge in [-0.3, -0.25) is 4.79 Å². The van der Waals surface area contributed by atoms with Crippen LogP contribution in [0.15, 0.2) is 28.7 Å². The molecule has 2 rings (SSSR count). The van der Waals surface area contributed by atoms with Crippen LogP contribution in [-0.2, 0) is 4.79 Å². The summed E-state index contributed by atoms with van der Waals surface area (Å²) in [5.74, 6) is -2.30. The van der Waals surface area contributed by atoms with Crippen molar-refractivity contribution in [2.24, 2.45) is 0 Å². The first kappa shape index (κ1) is 14.2. The average Bonchev–Trinajstić information content (AvgIpc) is 2.37. The monoisotopic (exact) mass is 333 g/mol. The van der Waals surface area contributed by atoms with Gasteiger partial charge in [0, 0.05) is 30.4 Å². The number of carbonyl (C=O) groups excluding carboxylic acids is 1. The highest BCUT2D eigenvalue weighted by Gasteiger charge is 2.35. The lowest BCUT2D eigenvalue weighted by Crippen LogP contribution is -2.44. The minimum absolute atomic E-state index is 0.0928. The molecular weight excluding hydrogens is 320 g/mol. The number of hydrogen-bond donors (Lipinski definition) is 0. The van der Waals surface area contributed by atoms with Crippen LogP contribution in [0.25, 0.3) is 0 Å². The summed E-state index contributed by atoms with van der Waals surface area (Å²) in [5, 5.41) is 0. The van der Waals surface area contributed by atoms with E-state index in [1.165, 1.54) is 4.90 Å². The Kier molecular flexibility index (Phi) is 4.39.